The molecule has 0 amide bonds. The lowest BCUT2D eigenvalue weighted by molar-refractivity contribution is 0.0526. The molecule has 1 N–H and O–H groups in total. The molecule has 9 heteroatoms. The highest BCUT2D eigenvalue weighted by Gasteiger charge is 2.24. The lowest BCUT2D eigenvalue weighted by Crippen LogP contribution is -2.17. The maximum Gasteiger partial charge on any atom is 0.338 e. The van der Waals surface area contributed by atoms with E-state index >= 15 is 0 Å². The van der Waals surface area contributed by atoms with Crippen LogP contribution in [0.5, 0.6) is 5.75 Å². The summed E-state index contributed by atoms with van der Waals surface area (Å²) in [5.41, 5.74) is 1.45. The first-order chi connectivity index (χ1) is 13.9. The van der Waals surface area contributed by atoms with Gasteiger partial charge in [0.2, 0.25) is 0 Å². The van der Waals surface area contributed by atoms with E-state index in [0.29, 0.717) is 11.4 Å². The number of nitrogens with zero attached hydrogens (tertiary/aromatic N) is 2. The summed E-state index contributed by atoms with van der Waals surface area (Å²) < 4.78 is 40.4. The van der Waals surface area contributed by atoms with E-state index < -0.39 is 16.0 Å². The van der Waals surface area contributed by atoms with Crippen LogP contribution in [0.2, 0.25) is 0 Å². The first-order valence-corrected chi connectivity index (χ1v) is 10.3. The second-order valence-corrected chi connectivity index (χ2v) is 7.76. The van der Waals surface area contributed by atoms with Crippen molar-refractivity contribution in [1.29, 1.82) is 0 Å². The molecule has 0 spiro atoms. The number of carbonyl (C=O) groups excluding carboxylic acids is 1. The Bertz CT molecular complexity index is 1120. The molecule has 3 aromatic rings. The van der Waals surface area contributed by atoms with Gasteiger partial charge in [-0.15, -0.1) is 0 Å². The van der Waals surface area contributed by atoms with Gasteiger partial charge in [0.25, 0.3) is 10.0 Å². The number of anilines is 1. The summed E-state index contributed by atoms with van der Waals surface area (Å²) in [6.07, 6.45) is 0. The second-order valence-electron chi connectivity index (χ2n) is 6.11. The molecule has 0 saturated heterocycles. The fourth-order valence-corrected chi connectivity index (χ4v) is 3.99. The van der Waals surface area contributed by atoms with Gasteiger partial charge in [0.15, 0.2) is 0 Å². The van der Waals surface area contributed by atoms with Crippen LogP contribution < -0.4 is 9.46 Å². The van der Waals surface area contributed by atoms with Gasteiger partial charge in [-0.1, -0.05) is 18.2 Å². The molecule has 0 unspecified atom stereocenters. The molecule has 0 aliphatic rings. The molecule has 0 aliphatic heterocycles. The highest BCUT2D eigenvalue weighted by Crippen LogP contribution is 2.28. The number of carbonyl (C=O) groups is 1. The number of aryl methyl sites for hydroxylation is 1. The normalized spacial score (nSPS) is 11.1. The first kappa shape index (κ1) is 20.4. The number of hydrogen-bond acceptors (Lipinski definition) is 6. The zero-order valence-corrected chi connectivity index (χ0v) is 17.1. The molecule has 0 aliphatic carbocycles. The summed E-state index contributed by atoms with van der Waals surface area (Å²) in [7, 11) is -2.73. The molecule has 152 valence electrons. The van der Waals surface area contributed by atoms with Gasteiger partial charge in [-0.05, 0) is 44.2 Å². The van der Waals surface area contributed by atoms with E-state index in [1.807, 2.05) is 30.3 Å². The number of aromatic nitrogens is 2. The molecule has 0 bridgehead atoms. The molecule has 0 saturated carbocycles. The van der Waals surface area contributed by atoms with E-state index in [0.717, 1.165) is 0 Å². The van der Waals surface area contributed by atoms with E-state index in [1.165, 1.54) is 30.0 Å². The highest BCUT2D eigenvalue weighted by molar-refractivity contribution is 7.92. The predicted octanol–water partition coefficient (Wildman–Crippen LogP) is 3.17. The number of rotatable bonds is 7. The molecule has 2 aromatic carbocycles. The summed E-state index contributed by atoms with van der Waals surface area (Å²) in [6, 6.07) is 14.9. The van der Waals surface area contributed by atoms with Crippen LogP contribution in [-0.2, 0) is 14.8 Å². The summed E-state index contributed by atoms with van der Waals surface area (Å²) in [4.78, 5) is 11.9. The zero-order chi connectivity index (χ0) is 21.0. The fraction of sp³-hybridized carbons (Fsp3) is 0.200. The van der Waals surface area contributed by atoms with Crippen molar-refractivity contribution in [3.05, 3.63) is 65.9 Å². The standard InChI is InChI=1S/C20H21N3O5S/c1-4-28-20(24)15-10-11-17(27-3)18(13-15)29(25,26)22-19-12-14(2)21-23(19)16-8-6-5-7-9-16/h5-13,22H,4H2,1-3H3. The number of methoxy groups -OCH3 is 1. The van der Waals surface area contributed by atoms with Crippen molar-refractivity contribution in [2.24, 2.45) is 0 Å². The maximum absolute atomic E-state index is 13.1. The van der Waals surface area contributed by atoms with Crippen molar-refractivity contribution >= 4 is 21.8 Å². The third-order valence-electron chi connectivity index (χ3n) is 4.04. The molecule has 0 radical (unpaired) electrons. The largest absolute Gasteiger partial charge is 0.495 e. The molecule has 29 heavy (non-hydrogen) atoms. The lowest BCUT2D eigenvalue weighted by atomic mass is 10.2. The van der Waals surface area contributed by atoms with Crippen molar-refractivity contribution in [2.45, 2.75) is 18.7 Å². The minimum absolute atomic E-state index is 0.105. The predicted molar refractivity (Wildman–Crippen MR) is 108 cm³/mol. The molecule has 0 atom stereocenters. The Hall–Kier alpha value is -3.33. The van der Waals surface area contributed by atoms with Crippen LogP contribution in [0, 0.1) is 6.92 Å². The van der Waals surface area contributed by atoms with Gasteiger partial charge in [-0.3, -0.25) is 4.72 Å². The third-order valence-corrected chi connectivity index (χ3v) is 5.41. The van der Waals surface area contributed by atoms with E-state index in [1.54, 1.807) is 19.9 Å². The quantitative estimate of drug-likeness (QED) is 0.595. The van der Waals surface area contributed by atoms with Crippen LogP contribution in [0.25, 0.3) is 5.69 Å². The SMILES string of the molecule is CCOC(=O)c1ccc(OC)c(S(=O)(=O)Nc2cc(C)nn2-c2ccccc2)c1. The van der Waals surface area contributed by atoms with Gasteiger partial charge >= 0.3 is 5.97 Å². The molecular weight excluding hydrogens is 394 g/mol. The van der Waals surface area contributed by atoms with Crippen LogP contribution in [-0.4, -0.2) is 37.9 Å². The molecular formula is C20H21N3O5S. The maximum atomic E-state index is 13.1. The number of nitrogens with one attached hydrogen (secondary N) is 1. The first-order valence-electron chi connectivity index (χ1n) is 8.85. The summed E-state index contributed by atoms with van der Waals surface area (Å²) in [5, 5.41) is 4.36. The topological polar surface area (TPSA) is 99.5 Å². The number of hydrogen-bond donors (Lipinski definition) is 1. The summed E-state index contributed by atoms with van der Waals surface area (Å²) in [6.45, 7) is 3.62. The Morgan fingerprint density at radius 1 is 1.14 bits per heavy atom. The molecule has 0 fully saturated rings. The average molecular weight is 415 g/mol. The van der Waals surface area contributed by atoms with Crippen LogP contribution in [0.15, 0.2) is 59.5 Å². The zero-order valence-electron chi connectivity index (χ0n) is 16.2. The van der Waals surface area contributed by atoms with Crippen LogP contribution in [0.3, 0.4) is 0 Å². The molecule has 1 heterocycles. The Kier molecular flexibility index (Phi) is 5.88. The Labute approximate surface area is 169 Å². The van der Waals surface area contributed by atoms with Gasteiger partial charge in [-0.25, -0.2) is 17.9 Å². The monoisotopic (exact) mass is 415 g/mol. The third kappa shape index (κ3) is 4.40. The highest BCUT2D eigenvalue weighted by atomic mass is 32.2. The van der Waals surface area contributed by atoms with Crippen LogP contribution >= 0.6 is 0 Å². The summed E-state index contributed by atoms with van der Waals surface area (Å²) >= 11 is 0. The Morgan fingerprint density at radius 3 is 2.52 bits per heavy atom. The minimum Gasteiger partial charge on any atom is -0.495 e. The van der Waals surface area contributed by atoms with Gasteiger partial charge < -0.3 is 9.47 Å². The van der Waals surface area contributed by atoms with Crippen LogP contribution in [0.4, 0.5) is 5.82 Å². The van der Waals surface area contributed by atoms with E-state index in [-0.39, 0.29) is 28.6 Å². The van der Waals surface area contributed by atoms with Crippen molar-refractivity contribution in [3.8, 4) is 11.4 Å². The lowest BCUT2D eigenvalue weighted by Gasteiger charge is -2.14. The van der Waals surface area contributed by atoms with E-state index in [2.05, 4.69) is 9.82 Å². The van der Waals surface area contributed by atoms with Gasteiger partial charge in [-0.2, -0.15) is 5.10 Å². The number of esters is 1. The van der Waals surface area contributed by atoms with Crippen LogP contribution in [0.1, 0.15) is 23.0 Å². The second kappa shape index (κ2) is 8.36. The van der Waals surface area contributed by atoms with E-state index in [9.17, 15) is 13.2 Å². The van der Waals surface area contributed by atoms with E-state index in [4.69, 9.17) is 9.47 Å². The minimum atomic E-state index is -4.09. The van der Waals surface area contributed by atoms with Crippen molar-refractivity contribution < 1.29 is 22.7 Å². The number of benzene rings is 2. The number of para-hydroxylation sites is 1. The Morgan fingerprint density at radius 2 is 1.86 bits per heavy atom. The fourth-order valence-electron chi connectivity index (χ4n) is 2.76. The van der Waals surface area contributed by atoms with Gasteiger partial charge in [0.1, 0.15) is 16.5 Å². The van der Waals surface area contributed by atoms with Gasteiger partial charge in [0, 0.05) is 6.07 Å². The smallest absolute Gasteiger partial charge is 0.338 e. The number of ether oxygens (including phenoxy) is 2. The Balaban J connectivity index is 2.03. The molecule has 8 nitrogen and oxygen atoms in total. The number of sulfonamides is 1. The average Bonchev–Trinajstić information content (AvgIpc) is 3.07. The van der Waals surface area contributed by atoms with Crippen molar-refractivity contribution in [3.63, 3.8) is 0 Å². The summed E-state index contributed by atoms with van der Waals surface area (Å²) in [5.74, 6) is -0.248. The van der Waals surface area contributed by atoms with Crippen molar-refractivity contribution in [2.75, 3.05) is 18.4 Å². The van der Waals surface area contributed by atoms with Gasteiger partial charge in [0.05, 0.1) is 30.7 Å². The molecule has 3 rings (SSSR count). The van der Waals surface area contributed by atoms with Crippen molar-refractivity contribution in [1.82, 2.24) is 9.78 Å². The molecule has 1 aromatic heterocycles.